The van der Waals surface area contributed by atoms with Gasteiger partial charge in [-0.3, -0.25) is 0 Å². The lowest BCUT2D eigenvalue weighted by atomic mass is 9.76. The molecule has 296 valence electrons. The van der Waals surface area contributed by atoms with Crippen LogP contribution in [0.5, 0.6) is 5.75 Å². The van der Waals surface area contributed by atoms with Crippen LogP contribution in [-0.2, 0) is 47.5 Å². The Hall–Kier alpha value is -4.28. The van der Waals surface area contributed by atoms with Gasteiger partial charge in [-0.2, -0.15) is 4.31 Å². The number of aliphatic carboxylic acids is 1. The van der Waals surface area contributed by atoms with Gasteiger partial charge in [0.2, 0.25) is 20.0 Å². The third-order valence-corrected chi connectivity index (χ3v) is 14.9. The van der Waals surface area contributed by atoms with Crippen LogP contribution < -0.4 is 4.74 Å². The molecule has 0 bridgehead atoms. The molecule has 13 nitrogen and oxygen atoms in total. The number of hydrogen-bond acceptors (Lipinski definition) is 9. The van der Waals surface area contributed by atoms with E-state index in [1.165, 1.54) is 29.6 Å². The Morgan fingerprint density at radius 1 is 0.927 bits per heavy atom. The maximum Gasteiger partial charge on any atom is 0.410 e. The van der Waals surface area contributed by atoms with E-state index in [-0.39, 0.29) is 67.9 Å². The number of sulfonamides is 2. The van der Waals surface area contributed by atoms with Gasteiger partial charge in [0.25, 0.3) is 0 Å². The van der Waals surface area contributed by atoms with Gasteiger partial charge in [-0.05, 0) is 67.9 Å². The van der Waals surface area contributed by atoms with Crippen LogP contribution in [0.4, 0.5) is 4.79 Å². The molecule has 3 heterocycles. The highest BCUT2D eigenvalue weighted by Crippen LogP contribution is 2.48. The van der Waals surface area contributed by atoms with Crippen LogP contribution in [0.3, 0.4) is 0 Å². The lowest BCUT2D eigenvalue weighted by Crippen LogP contribution is -2.54. The third kappa shape index (κ3) is 9.41. The Morgan fingerprint density at radius 3 is 2.22 bits per heavy atom. The van der Waals surface area contributed by atoms with E-state index >= 15 is 0 Å². The summed E-state index contributed by atoms with van der Waals surface area (Å²) in [5.74, 6) is -1.51. The highest BCUT2D eigenvalue weighted by atomic mass is 32.2. The lowest BCUT2D eigenvalue weighted by Gasteiger charge is -2.47. The van der Waals surface area contributed by atoms with Crippen molar-refractivity contribution in [3.63, 3.8) is 0 Å². The SMILES string of the molecule is C=C(C)[C@H]1C[C@@H]2CN(S(=O)(=O)C3CCN(C(=O)OCc4ccccc4)CC3)CC[C@@H]2O[C@@H]1c1cc(S(=O)(=O)N(C)Cc2ccccc2)ccc1OCC(=O)O. The first-order valence-electron chi connectivity index (χ1n) is 18.5. The van der Waals surface area contributed by atoms with Crippen molar-refractivity contribution >= 4 is 32.1 Å². The minimum Gasteiger partial charge on any atom is -0.482 e. The molecular weight excluding hydrogens is 747 g/mol. The predicted molar refractivity (Wildman–Crippen MR) is 205 cm³/mol. The number of rotatable bonds is 13. The van der Waals surface area contributed by atoms with E-state index in [0.717, 1.165) is 16.7 Å². The molecule has 6 rings (SSSR count). The van der Waals surface area contributed by atoms with Crippen LogP contribution in [0.2, 0.25) is 0 Å². The zero-order valence-corrected chi connectivity index (χ0v) is 32.8. The summed E-state index contributed by atoms with van der Waals surface area (Å²) in [7, 11) is -6.17. The molecule has 0 aliphatic carbocycles. The zero-order chi connectivity index (χ0) is 39.3. The molecule has 1 amide bonds. The van der Waals surface area contributed by atoms with E-state index in [1.54, 1.807) is 9.21 Å². The Morgan fingerprint density at radius 2 is 1.58 bits per heavy atom. The normalized spacial score (nSPS) is 22.5. The fraction of sp³-hybridized carbons (Fsp3) is 0.450. The van der Waals surface area contributed by atoms with Crippen LogP contribution in [0.25, 0.3) is 0 Å². The number of ether oxygens (including phenoxy) is 3. The number of amides is 1. The first kappa shape index (κ1) is 40.4. The van der Waals surface area contributed by atoms with Crippen molar-refractivity contribution in [3.8, 4) is 5.75 Å². The van der Waals surface area contributed by atoms with Crippen LogP contribution in [0.15, 0.2) is 95.9 Å². The zero-order valence-electron chi connectivity index (χ0n) is 31.2. The fourth-order valence-electron chi connectivity index (χ4n) is 7.74. The minimum absolute atomic E-state index is 0.00575. The van der Waals surface area contributed by atoms with Gasteiger partial charge in [-0.1, -0.05) is 72.8 Å². The molecule has 0 unspecified atom stereocenters. The van der Waals surface area contributed by atoms with Crippen LogP contribution >= 0.6 is 0 Å². The number of carbonyl (C=O) groups is 2. The number of piperidine rings is 2. The Kier molecular flexibility index (Phi) is 12.7. The molecular formula is C40H49N3O10S2. The summed E-state index contributed by atoms with van der Waals surface area (Å²) in [4.78, 5) is 25.8. The topological polar surface area (TPSA) is 160 Å². The standard InChI is InChI=1S/C40H49N3O10S2/c1-28(2)34-22-31-25-43(55(49,50)32-16-19-42(20-17-32)40(46)52-26-30-12-8-5-9-13-30)21-18-36(31)53-39(34)35-23-33(14-15-37(35)51-27-38(44)45)54(47,48)41(3)24-29-10-6-4-7-11-29/h4-15,23,31-32,34,36,39H,1,16-22,24-27H2,2-3H3,(H,44,45)/t31-,34-,36+,39+/m1/s1. The van der Waals surface area contributed by atoms with E-state index < -0.39 is 50.1 Å². The summed E-state index contributed by atoms with van der Waals surface area (Å²) in [6, 6.07) is 23.0. The number of carboxylic acids is 1. The second kappa shape index (κ2) is 17.2. The number of fused-ring (bicyclic) bond motifs is 1. The molecule has 3 aromatic rings. The molecule has 15 heteroatoms. The number of hydrogen-bond donors (Lipinski definition) is 1. The molecule has 3 aliphatic rings. The highest BCUT2D eigenvalue weighted by Gasteiger charge is 2.46. The second-order valence-corrected chi connectivity index (χ2v) is 18.8. The van der Waals surface area contributed by atoms with Gasteiger partial charge >= 0.3 is 12.1 Å². The van der Waals surface area contributed by atoms with Crippen LogP contribution in [-0.4, -0.2) is 98.7 Å². The van der Waals surface area contributed by atoms with Crippen molar-refractivity contribution < 1.29 is 45.7 Å². The average Bonchev–Trinajstić information content (AvgIpc) is 3.19. The summed E-state index contributed by atoms with van der Waals surface area (Å²) in [5.41, 5.74) is 2.84. The third-order valence-electron chi connectivity index (χ3n) is 10.8. The molecule has 0 saturated carbocycles. The summed E-state index contributed by atoms with van der Waals surface area (Å²) >= 11 is 0. The molecule has 1 N–H and O–H groups in total. The lowest BCUT2D eigenvalue weighted by molar-refractivity contribution is -0.139. The Labute approximate surface area is 323 Å². The van der Waals surface area contributed by atoms with Gasteiger partial charge in [0.05, 0.1) is 22.4 Å². The molecule has 0 radical (unpaired) electrons. The van der Waals surface area contributed by atoms with E-state index in [9.17, 15) is 31.5 Å². The largest absolute Gasteiger partial charge is 0.482 e. The van der Waals surface area contributed by atoms with Gasteiger partial charge in [0.1, 0.15) is 12.4 Å². The second-order valence-electron chi connectivity index (χ2n) is 14.6. The van der Waals surface area contributed by atoms with Crippen molar-refractivity contribution in [3.05, 3.63) is 108 Å². The maximum atomic E-state index is 14.0. The van der Waals surface area contributed by atoms with Crippen molar-refractivity contribution in [2.24, 2.45) is 11.8 Å². The van der Waals surface area contributed by atoms with E-state index in [0.29, 0.717) is 31.2 Å². The Bertz CT molecular complexity index is 2060. The number of benzene rings is 3. The molecule has 3 aromatic carbocycles. The van der Waals surface area contributed by atoms with E-state index in [1.807, 2.05) is 67.6 Å². The molecule has 55 heavy (non-hydrogen) atoms. The number of carbonyl (C=O) groups excluding carboxylic acids is 1. The molecule has 3 aliphatic heterocycles. The summed E-state index contributed by atoms with van der Waals surface area (Å²) < 4.78 is 76.3. The summed E-state index contributed by atoms with van der Waals surface area (Å²) in [6.45, 7) is 6.79. The number of nitrogens with zero attached hydrogens (tertiary/aromatic N) is 3. The molecule has 0 aromatic heterocycles. The van der Waals surface area contributed by atoms with Gasteiger partial charge < -0.3 is 24.2 Å². The molecule has 4 atom stereocenters. The van der Waals surface area contributed by atoms with Crippen LogP contribution in [0.1, 0.15) is 55.4 Å². The van der Waals surface area contributed by atoms with Crippen molar-refractivity contribution in [2.75, 3.05) is 39.8 Å². The van der Waals surface area contributed by atoms with Crippen molar-refractivity contribution in [1.29, 1.82) is 0 Å². The monoisotopic (exact) mass is 795 g/mol. The van der Waals surface area contributed by atoms with Gasteiger partial charge in [0.15, 0.2) is 6.61 Å². The number of likely N-dealkylation sites (tertiary alicyclic amines) is 1. The fourth-order valence-corrected chi connectivity index (χ4v) is 10.9. The molecule has 3 saturated heterocycles. The number of carboxylic acid groups (broad SMARTS) is 1. The average molecular weight is 796 g/mol. The maximum absolute atomic E-state index is 14.0. The van der Waals surface area contributed by atoms with Gasteiger partial charge in [-0.25, -0.2) is 30.7 Å². The van der Waals surface area contributed by atoms with Crippen LogP contribution in [0, 0.1) is 11.8 Å². The first-order valence-corrected chi connectivity index (χ1v) is 21.4. The van der Waals surface area contributed by atoms with Gasteiger partial charge in [0, 0.05) is 51.3 Å². The summed E-state index contributed by atoms with van der Waals surface area (Å²) in [5, 5.41) is 8.77. The highest BCUT2D eigenvalue weighted by molar-refractivity contribution is 7.89. The van der Waals surface area contributed by atoms with Crippen molar-refractivity contribution in [2.45, 2.75) is 68.1 Å². The minimum atomic E-state index is -3.98. The van der Waals surface area contributed by atoms with E-state index in [4.69, 9.17) is 14.2 Å². The summed E-state index contributed by atoms with van der Waals surface area (Å²) in [6.07, 6.45) is 0.0216. The Balaban J connectivity index is 1.15. The van der Waals surface area contributed by atoms with Gasteiger partial charge in [-0.15, -0.1) is 0 Å². The van der Waals surface area contributed by atoms with Crippen molar-refractivity contribution in [1.82, 2.24) is 13.5 Å². The molecule has 0 spiro atoms. The smallest absolute Gasteiger partial charge is 0.410 e. The first-order chi connectivity index (χ1) is 26.2. The predicted octanol–water partition coefficient (Wildman–Crippen LogP) is 5.45. The van der Waals surface area contributed by atoms with E-state index in [2.05, 4.69) is 6.58 Å². The molecule has 3 fully saturated rings. The quantitative estimate of drug-likeness (QED) is 0.221.